The Morgan fingerprint density at radius 2 is 2.06 bits per heavy atom. The lowest BCUT2D eigenvalue weighted by Gasteiger charge is -2.06. The highest BCUT2D eigenvalue weighted by Gasteiger charge is 2.32. The lowest BCUT2D eigenvalue weighted by atomic mass is 10.4. The van der Waals surface area contributed by atoms with E-state index in [9.17, 15) is 17.4 Å². The van der Waals surface area contributed by atoms with E-state index in [0.29, 0.717) is 18.1 Å². The largest absolute Gasteiger partial charge is 0.435 e. The Balaban J connectivity index is 2.49. The van der Waals surface area contributed by atoms with Crippen LogP contribution in [0.3, 0.4) is 0 Å². The van der Waals surface area contributed by atoms with Gasteiger partial charge in [0.05, 0.1) is 0 Å². The lowest BCUT2D eigenvalue weighted by molar-refractivity contribution is -0.141. The van der Waals surface area contributed by atoms with Crippen molar-refractivity contribution >= 4 is 16.6 Å². The number of aromatic nitrogens is 2. The molecule has 0 aliphatic rings. The number of rotatable bonds is 5. The van der Waals surface area contributed by atoms with E-state index in [1.807, 2.05) is 0 Å². The summed E-state index contributed by atoms with van der Waals surface area (Å²) in [6, 6.07) is 2.05. The number of hydrogen-bond acceptors (Lipinski definition) is 4. The third-order valence-corrected chi connectivity index (χ3v) is 3.22. The van der Waals surface area contributed by atoms with Gasteiger partial charge in [-0.2, -0.15) is 13.2 Å². The molecule has 0 aliphatic heterocycles. The van der Waals surface area contributed by atoms with Gasteiger partial charge in [-0.05, 0) is 12.1 Å². The van der Waals surface area contributed by atoms with Gasteiger partial charge in [0.2, 0.25) is 0 Å². The van der Waals surface area contributed by atoms with Gasteiger partial charge >= 0.3 is 6.18 Å². The molecule has 8 heteroatoms. The van der Waals surface area contributed by atoms with Crippen molar-refractivity contribution in [3.05, 3.63) is 17.8 Å². The van der Waals surface area contributed by atoms with Crippen LogP contribution < -0.4 is 5.32 Å². The van der Waals surface area contributed by atoms with Crippen molar-refractivity contribution in [2.45, 2.75) is 13.1 Å². The van der Waals surface area contributed by atoms with Crippen LogP contribution in [0.25, 0.3) is 0 Å². The smallest absolute Gasteiger partial charge is 0.368 e. The second-order valence-electron chi connectivity index (χ2n) is 3.16. The van der Waals surface area contributed by atoms with E-state index in [0.717, 1.165) is 6.07 Å². The third-order valence-electron chi connectivity index (χ3n) is 1.91. The van der Waals surface area contributed by atoms with Crippen molar-refractivity contribution in [2.24, 2.45) is 0 Å². The molecule has 0 saturated carbocycles. The fourth-order valence-corrected chi connectivity index (χ4v) is 1.63. The molecule has 0 aliphatic carbocycles. The minimum absolute atomic E-state index is 0.242. The van der Waals surface area contributed by atoms with Gasteiger partial charge in [0.1, 0.15) is 5.82 Å². The number of halogens is 3. The van der Waals surface area contributed by atoms with Crippen LogP contribution in [0.5, 0.6) is 0 Å². The van der Waals surface area contributed by atoms with Gasteiger partial charge in [0.25, 0.3) is 0 Å². The summed E-state index contributed by atoms with van der Waals surface area (Å²) in [5.41, 5.74) is -1.03. The van der Waals surface area contributed by atoms with Crippen LogP contribution in [0.4, 0.5) is 19.0 Å². The number of alkyl halides is 3. The van der Waals surface area contributed by atoms with Crippen molar-refractivity contribution in [3.8, 4) is 0 Å². The molecule has 0 spiro atoms. The molecule has 17 heavy (non-hydrogen) atoms. The average Bonchev–Trinajstić information content (AvgIpc) is 2.28. The predicted octanol–water partition coefficient (Wildman–Crippen LogP) is 1.68. The molecule has 4 nitrogen and oxygen atoms in total. The highest BCUT2D eigenvalue weighted by Crippen LogP contribution is 2.26. The Hall–Kier alpha value is -1.18. The summed E-state index contributed by atoms with van der Waals surface area (Å²) < 4.78 is 47.6. The molecular weight excluding hydrogens is 255 g/mol. The standard InChI is InChI=1S/C9H12F3N3OS/c1-2-17(16)6-5-13-8-4-3-7(14-15-8)9(10,11)12/h3-4H,2,5-6H2,1H3,(H,13,15). The zero-order chi connectivity index (χ0) is 12.9. The van der Waals surface area contributed by atoms with Crippen molar-refractivity contribution in [1.82, 2.24) is 10.2 Å². The first kappa shape index (κ1) is 13.9. The molecule has 0 saturated heterocycles. The van der Waals surface area contributed by atoms with Crippen molar-refractivity contribution in [1.29, 1.82) is 0 Å². The van der Waals surface area contributed by atoms with Gasteiger partial charge in [0.15, 0.2) is 5.69 Å². The Kier molecular flexibility index (Phi) is 4.86. The fourth-order valence-electron chi connectivity index (χ4n) is 1.02. The average molecular weight is 267 g/mol. The second kappa shape index (κ2) is 5.95. The zero-order valence-electron chi connectivity index (χ0n) is 9.12. The first-order chi connectivity index (χ1) is 7.93. The summed E-state index contributed by atoms with van der Waals surface area (Å²) >= 11 is 0. The van der Waals surface area contributed by atoms with E-state index in [2.05, 4.69) is 15.5 Å². The van der Waals surface area contributed by atoms with E-state index >= 15 is 0 Å². The molecule has 1 heterocycles. The molecular formula is C9H12F3N3OS. The minimum Gasteiger partial charge on any atom is -0.368 e. The number of hydrogen-bond donors (Lipinski definition) is 1. The highest BCUT2D eigenvalue weighted by atomic mass is 32.2. The van der Waals surface area contributed by atoms with Crippen molar-refractivity contribution < 1.29 is 17.4 Å². The maximum Gasteiger partial charge on any atom is 0.435 e. The highest BCUT2D eigenvalue weighted by molar-refractivity contribution is 7.84. The van der Waals surface area contributed by atoms with Gasteiger partial charge < -0.3 is 5.32 Å². The van der Waals surface area contributed by atoms with Gasteiger partial charge in [-0.15, -0.1) is 10.2 Å². The Labute approximate surface area is 99.1 Å². The first-order valence-electron chi connectivity index (χ1n) is 4.93. The Morgan fingerprint density at radius 1 is 1.35 bits per heavy atom. The predicted molar refractivity (Wildman–Crippen MR) is 59.1 cm³/mol. The van der Waals surface area contributed by atoms with Crippen LogP contribution in [0, 0.1) is 0 Å². The van der Waals surface area contributed by atoms with Crippen molar-refractivity contribution in [3.63, 3.8) is 0 Å². The van der Waals surface area contributed by atoms with Crippen LogP contribution in [0.1, 0.15) is 12.6 Å². The molecule has 0 radical (unpaired) electrons. The summed E-state index contributed by atoms with van der Waals surface area (Å²) in [4.78, 5) is 0. The van der Waals surface area contributed by atoms with Crippen LogP contribution in [0.15, 0.2) is 12.1 Å². The van der Waals surface area contributed by atoms with Gasteiger partial charge in [-0.3, -0.25) is 4.21 Å². The summed E-state index contributed by atoms with van der Waals surface area (Å²) in [5, 5.41) is 9.20. The van der Waals surface area contributed by atoms with Gasteiger partial charge in [0, 0.05) is 28.9 Å². The van der Waals surface area contributed by atoms with Crippen LogP contribution in [-0.4, -0.2) is 32.5 Å². The summed E-state index contributed by atoms with van der Waals surface area (Å²) in [5.74, 6) is 1.23. The summed E-state index contributed by atoms with van der Waals surface area (Å²) in [6.45, 7) is 2.19. The van der Waals surface area contributed by atoms with E-state index < -0.39 is 22.7 Å². The van der Waals surface area contributed by atoms with Crippen molar-refractivity contribution in [2.75, 3.05) is 23.4 Å². The van der Waals surface area contributed by atoms with E-state index in [4.69, 9.17) is 0 Å². The molecule has 96 valence electrons. The molecule has 1 aromatic rings. The molecule has 1 unspecified atom stereocenters. The van der Waals surface area contributed by atoms with Crippen LogP contribution >= 0.6 is 0 Å². The number of nitrogens with one attached hydrogen (secondary N) is 1. The second-order valence-corrected chi connectivity index (χ2v) is 5.03. The molecule has 1 aromatic heterocycles. The molecule has 0 bridgehead atoms. The molecule has 0 aromatic carbocycles. The molecule has 1 rings (SSSR count). The maximum absolute atomic E-state index is 12.2. The lowest BCUT2D eigenvalue weighted by Crippen LogP contribution is -2.14. The summed E-state index contributed by atoms with van der Waals surface area (Å²) in [6.07, 6.45) is -4.48. The molecule has 0 amide bonds. The maximum atomic E-state index is 12.2. The topological polar surface area (TPSA) is 54.9 Å². The van der Waals surface area contributed by atoms with Crippen LogP contribution in [-0.2, 0) is 17.0 Å². The Morgan fingerprint density at radius 3 is 2.53 bits per heavy atom. The normalized spacial score (nSPS) is 13.4. The van der Waals surface area contributed by atoms with Gasteiger partial charge in [-0.25, -0.2) is 0 Å². The quantitative estimate of drug-likeness (QED) is 0.881. The molecule has 1 atom stereocenters. The first-order valence-corrected chi connectivity index (χ1v) is 6.42. The molecule has 1 N–H and O–H groups in total. The SMILES string of the molecule is CCS(=O)CCNc1ccc(C(F)(F)F)nn1. The van der Waals surface area contributed by atoms with Gasteiger partial charge in [-0.1, -0.05) is 6.92 Å². The Bertz CT molecular complexity index is 380. The monoisotopic (exact) mass is 267 g/mol. The number of nitrogens with zero attached hydrogens (tertiary/aromatic N) is 2. The van der Waals surface area contributed by atoms with E-state index in [1.165, 1.54) is 6.07 Å². The summed E-state index contributed by atoms with van der Waals surface area (Å²) in [7, 11) is -0.910. The van der Waals surface area contributed by atoms with Crippen LogP contribution in [0.2, 0.25) is 0 Å². The third kappa shape index (κ3) is 4.68. The molecule has 0 fully saturated rings. The minimum atomic E-state index is -4.48. The van der Waals surface area contributed by atoms with E-state index in [1.54, 1.807) is 6.92 Å². The zero-order valence-corrected chi connectivity index (χ0v) is 9.94. The fraction of sp³-hybridized carbons (Fsp3) is 0.556. The number of anilines is 1. The van der Waals surface area contributed by atoms with E-state index in [-0.39, 0.29) is 5.82 Å².